The van der Waals surface area contributed by atoms with Crippen molar-refractivity contribution in [2.24, 2.45) is 0 Å². The fraction of sp³-hybridized carbons (Fsp3) is 0.333. The second-order valence-electron chi connectivity index (χ2n) is 2.58. The number of hydrogen-bond acceptors (Lipinski definition) is 2. The van der Waals surface area contributed by atoms with Gasteiger partial charge in [-0.3, -0.25) is 0 Å². The van der Waals surface area contributed by atoms with Crippen molar-refractivity contribution in [2.75, 3.05) is 13.7 Å². The Balaban J connectivity index is 0.00000144. The Labute approximate surface area is 89.3 Å². The molecule has 0 aliphatic carbocycles. The molecule has 13 heavy (non-hydrogen) atoms. The molecule has 0 fully saturated rings. The number of likely N-dealkylation sites (N-methyl/N-ethyl adjacent to an activating group) is 1. The van der Waals surface area contributed by atoms with Crippen molar-refractivity contribution in [3.8, 4) is 0 Å². The molecule has 0 bridgehead atoms. The fourth-order valence-corrected chi connectivity index (χ4v) is 1.18. The number of hydrogen-bond donors (Lipinski definition) is 2. The summed E-state index contributed by atoms with van der Waals surface area (Å²) in [6, 6.07) is 7.44. The lowest BCUT2D eigenvalue weighted by atomic mass is 10.1. The minimum atomic E-state index is 0. The van der Waals surface area contributed by atoms with E-state index in [0.717, 1.165) is 5.56 Å². The highest BCUT2D eigenvalue weighted by atomic mass is 35.5. The van der Waals surface area contributed by atoms with E-state index in [4.69, 9.17) is 16.7 Å². The fourth-order valence-electron chi connectivity index (χ4n) is 1.06. The van der Waals surface area contributed by atoms with Gasteiger partial charge in [0.05, 0.1) is 12.6 Å². The van der Waals surface area contributed by atoms with Gasteiger partial charge in [0.25, 0.3) is 0 Å². The minimum Gasteiger partial charge on any atom is -0.394 e. The molecule has 1 unspecified atom stereocenters. The summed E-state index contributed by atoms with van der Waals surface area (Å²) in [6.07, 6.45) is 0. The molecule has 2 N–H and O–H groups in total. The molecule has 0 spiro atoms. The third-order valence-electron chi connectivity index (χ3n) is 1.80. The Bertz CT molecular complexity index is 234. The number of aliphatic hydroxyl groups excluding tert-OH is 1. The summed E-state index contributed by atoms with van der Waals surface area (Å²) >= 11 is 5.72. The summed E-state index contributed by atoms with van der Waals surface area (Å²) in [5.41, 5.74) is 1.05. The van der Waals surface area contributed by atoms with Gasteiger partial charge in [-0.05, 0) is 24.7 Å². The van der Waals surface area contributed by atoms with Gasteiger partial charge in [0.1, 0.15) is 0 Å². The topological polar surface area (TPSA) is 32.3 Å². The standard InChI is InChI=1S/C9H12ClNO.ClH/c1-11-9(6-12)7-2-4-8(10)5-3-7;/h2-5,9,11-12H,6H2,1H3;1H. The van der Waals surface area contributed by atoms with Crippen molar-refractivity contribution in [2.45, 2.75) is 6.04 Å². The molecule has 0 amide bonds. The van der Waals surface area contributed by atoms with E-state index in [1.807, 2.05) is 31.3 Å². The summed E-state index contributed by atoms with van der Waals surface area (Å²) < 4.78 is 0. The Morgan fingerprint density at radius 3 is 2.31 bits per heavy atom. The quantitative estimate of drug-likeness (QED) is 0.819. The highest BCUT2D eigenvalue weighted by Crippen LogP contribution is 2.15. The number of rotatable bonds is 3. The molecular formula is C9H13Cl2NO. The molecule has 0 aromatic heterocycles. The Morgan fingerprint density at radius 1 is 1.38 bits per heavy atom. The Morgan fingerprint density at radius 2 is 1.92 bits per heavy atom. The van der Waals surface area contributed by atoms with Crippen LogP contribution in [0.2, 0.25) is 5.02 Å². The minimum absolute atomic E-state index is 0. The maximum absolute atomic E-state index is 8.95. The lowest BCUT2D eigenvalue weighted by molar-refractivity contribution is 0.251. The maximum atomic E-state index is 8.95. The van der Waals surface area contributed by atoms with Gasteiger partial charge in [-0.25, -0.2) is 0 Å². The van der Waals surface area contributed by atoms with Crippen LogP contribution in [0.25, 0.3) is 0 Å². The van der Waals surface area contributed by atoms with E-state index in [9.17, 15) is 0 Å². The molecule has 0 saturated heterocycles. The van der Waals surface area contributed by atoms with Crippen LogP contribution in [0, 0.1) is 0 Å². The lowest BCUT2D eigenvalue weighted by Gasteiger charge is -2.12. The van der Waals surface area contributed by atoms with Gasteiger partial charge < -0.3 is 10.4 Å². The van der Waals surface area contributed by atoms with E-state index in [2.05, 4.69) is 5.32 Å². The van der Waals surface area contributed by atoms with Crippen molar-refractivity contribution < 1.29 is 5.11 Å². The second-order valence-corrected chi connectivity index (χ2v) is 3.01. The van der Waals surface area contributed by atoms with Crippen molar-refractivity contribution in [3.63, 3.8) is 0 Å². The SMILES string of the molecule is CNC(CO)c1ccc(Cl)cc1.Cl. The zero-order valence-corrected chi connectivity index (χ0v) is 8.90. The largest absolute Gasteiger partial charge is 0.394 e. The van der Waals surface area contributed by atoms with Crippen LogP contribution in [0.5, 0.6) is 0 Å². The Hall–Kier alpha value is -0.280. The van der Waals surface area contributed by atoms with Crippen molar-refractivity contribution in [1.82, 2.24) is 5.32 Å². The molecule has 0 radical (unpaired) electrons. The normalized spacial score (nSPS) is 11.9. The van der Waals surface area contributed by atoms with Crippen molar-refractivity contribution in [1.29, 1.82) is 0 Å². The average molecular weight is 222 g/mol. The molecule has 1 aromatic carbocycles. The molecule has 2 nitrogen and oxygen atoms in total. The first-order valence-electron chi connectivity index (χ1n) is 3.81. The van der Waals surface area contributed by atoms with E-state index >= 15 is 0 Å². The van der Waals surface area contributed by atoms with Gasteiger partial charge in [0.15, 0.2) is 0 Å². The number of aliphatic hydroxyl groups is 1. The monoisotopic (exact) mass is 221 g/mol. The zero-order valence-electron chi connectivity index (χ0n) is 7.33. The third kappa shape index (κ3) is 3.53. The van der Waals surface area contributed by atoms with Gasteiger partial charge >= 0.3 is 0 Å². The van der Waals surface area contributed by atoms with E-state index in [-0.39, 0.29) is 25.1 Å². The Kier molecular flexibility index (Phi) is 6.08. The van der Waals surface area contributed by atoms with E-state index in [1.54, 1.807) is 0 Å². The lowest BCUT2D eigenvalue weighted by Crippen LogP contribution is -2.19. The zero-order chi connectivity index (χ0) is 8.97. The molecule has 1 rings (SSSR count). The van der Waals surface area contributed by atoms with Crippen LogP contribution in [0.15, 0.2) is 24.3 Å². The number of benzene rings is 1. The van der Waals surface area contributed by atoms with E-state index < -0.39 is 0 Å². The van der Waals surface area contributed by atoms with Crippen LogP contribution >= 0.6 is 24.0 Å². The van der Waals surface area contributed by atoms with Crippen LogP contribution in [0.1, 0.15) is 11.6 Å². The van der Waals surface area contributed by atoms with Crippen molar-refractivity contribution >= 4 is 24.0 Å². The van der Waals surface area contributed by atoms with E-state index in [1.165, 1.54) is 0 Å². The van der Waals surface area contributed by atoms with Crippen molar-refractivity contribution in [3.05, 3.63) is 34.9 Å². The van der Waals surface area contributed by atoms with Gasteiger partial charge in [0.2, 0.25) is 0 Å². The van der Waals surface area contributed by atoms with Crippen LogP contribution in [-0.4, -0.2) is 18.8 Å². The van der Waals surface area contributed by atoms with Gasteiger partial charge in [0, 0.05) is 5.02 Å². The predicted molar refractivity (Wildman–Crippen MR) is 57.6 cm³/mol. The van der Waals surface area contributed by atoms with Gasteiger partial charge in [-0.1, -0.05) is 23.7 Å². The highest BCUT2D eigenvalue weighted by Gasteiger charge is 2.05. The molecule has 0 aliphatic rings. The highest BCUT2D eigenvalue weighted by molar-refractivity contribution is 6.30. The molecule has 1 aromatic rings. The van der Waals surface area contributed by atoms with Crippen LogP contribution in [0.4, 0.5) is 0 Å². The number of nitrogens with one attached hydrogen (secondary N) is 1. The van der Waals surface area contributed by atoms with Crippen LogP contribution < -0.4 is 5.32 Å². The predicted octanol–water partition coefficient (Wildman–Crippen LogP) is 2.01. The third-order valence-corrected chi connectivity index (χ3v) is 2.06. The van der Waals surface area contributed by atoms with Crippen LogP contribution in [0.3, 0.4) is 0 Å². The maximum Gasteiger partial charge on any atom is 0.0626 e. The molecule has 0 aliphatic heterocycles. The molecule has 74 valence electrons. The van der Waals surface area contributed by atoms with Gasteiger partial charge in [-0.15, -0.1) is 12.4 Å². The molecule has 0 heterocycles. The first kappa shape index (κ1) is 12.7. The first-order valence-corrected chi connectivity index (χ1v) is 4.19. The molecule has 4 heteroatoms. The summed E-state index contributed by atoms with van der Waals surface area (Å²) in [7, 11) is 1.81. The molecule has 0 saturated carbocycles. The summed E-state index contributed by atoms with van der Waals surface area (Å²) in [5.74, 6) is 0. The first-order chi connectivity index (χ1) is 5.77. The second kappa shape index (κ2) is 6.22. The molecule has 1 atom stereocenters. The van der Waals surface area contributed by atoms with Gasteiger partial charge in [-0.2, -0.15) is 0 Å². The summed E-state index contributed by atoms with van der Waals surface area (Å²) in [6.45, 7) is 0.0954. The number of halogens is 2. The van der Waals surface area contributed by atoms with E-state index in [0.29, 0.717) is 5.02 Å². The summed E-state index contributed by atoms with van der Waals surface area (Å²) in [4.78, 5) is 0. The summed E-state index contributed by atoms with van der Waals surface area (Å²) in [5, 5.41) is 12.7. The van der Waals surface area contributed by atoms with Crippen LogP contribution in [-0.2, 0) is 0 Å². The smallest absolute Gasteiger partial charge is 0.0626 e. The molecular weight excluding hydrogens is 209 g/mol. The average Bonchev–Trinajstić information content (AvgIpc) is 2.10.